The number of thiophene rings is 1. The summed E-state index contributed by atoms with van der Waals surface area (Å²) in [7, 11) is -1.01. The van der Waals surface area contributed by atoms with Crippen LogP contribution < -0.4 is 0 Å². The smallest absolute Gasteiger partial charge is 0.186 e. The van der Waals surface area contributed by atoms with Crippen molar-refractivity contribution in [2.75, 3.05) is 11.5 Å². The fourth-order valence-electron chi connectivity index (χ4n) is 0.807. The summed E-state index contributed by atoms with van der Waals surface area (Å²) in [5, 5.41) is 1.84. The van der Waals surface area contributed by atoms with Crippen LogP contribution >= 0.6 is 27.3 Å². The van der Waals surface area contributed by atoms with Crippen molar-refractivity contribution in [1.29, 1.82) is 0 Å². The van der Waals surface area contributed by atoms with Gasteiger partial charge in [0.05, 0.1) is 10.6 Å². The quantitative estimate of drug-likeness (QED) is 0.794. The molecule has 1 unspecified atom stereocenters. The van der Waals surface area contributed by atoms with E-state index in [2.05, 4.69) is 15.9 Å². The molecule has 0 bridgehead atoms. The van der Waals surface area contributed by atoms with Gasteiger partial charge in [-0.05, 0) is 27.4 Å². The first kappa shape index (κ1) is 11.1. The fraction of sp³-hybridized carbons (Fsp3) is 0.375. The van der Waals surface area contributed by atoms with Crippen molar-refractivity contribution in [3.8, 4) is 0 Å². The summed E-state index contributed by atoms with van der Waals surface area (Å²) >= 11 is 4.65. The van der Waals surface area contributed by atoms with Crippen molar-refractivity contribution < 1.29 is 9.00 Å². The van der Waals surface area contributed by atoms with Crippen LogP contribution in [-0.2, 0) is 10.8 Å². The van der Waals surface area contributed by atoms with Gasteiger partial charge in [0.1, 0.15) is 0 Å². The van der Waals surface area contributed by atoms with Gasteiger partial charge < -0.3 is 0 Å². The summed E-state index contributed by atoms with van der Waals surface area (Å²) < 4.78 is 11.9. The molecule has 0 spiro atoms. The van der Waals surface area contributed by atoms with E-state index in [1.165, 1.54) is 11.3 Å². The van der Waals surface area contributed by atoms with Crippen molar-refractivity contribution in [2.45, 2.75) is 6.92 Å². The Morgan fingerprint density at radius 2 is 2.38 bits per heavy atom. The van der Waals surface area contributed by atoms with Crippen LogP contribution in [0.2, 0.25) is 0 Å². The Balaban J connectivity index is 2.69. The lowest BCUT2D eigenvalue weighted by atomic mass is 10.3. The third kappa shape index (κ3) is 3.00. The van der Waals surface area contributed by atoms with E-state index >= 15 is 0 Å². The lowest BCUT2D eigenvalue weighted by molar-refractivity contribution is 0.102. The second-order valence-electron chi connectivity index (χ2n) is 2.39. The molecule has 0 aromatic carbocycles. The van der Waals surface area contributed by atoms with Crippen molar-refractivity contribution in [3.63, 3.8) is 0 Å². The second-order valence-corrected chi connectivity index (χ2v) is 5.91. The molecule has 0 saturated heterocycles. The zero-order chi connectivity index (χ0) is 9.84. The van der Waals surface area contributed by atoms with Gasteiger partial charge in [-0.15, -0.1) is 11.3 Å². The number of carbonyl (C=O) groups excluding carboxylic acids is 1. The number of Topliss-reactive ketones (excluding diaryl/α,β-unsaturated/α-hetero) is 1. The molecular formula is C8H9BrO2S2. The highest BCUT2D eigenvalue weighted by Gasteiger charge is 2.13. The van der Waals surface area contributed by atoms with Gasteiger partial charge in [0, 0.05) is 21.0 Å². The van der Waals surface area contributed by atoms with Crippen LogP contribution in [0.4, 0.5) is 0 Å². The van der Waals surface area contributed by atoms with Crippen molar-refractivity contribution in [2.24, 2.45) is 0 Å². The van der Waals surface area contributed by atoms with E-state index in [4.69, 9.17) is 0 Å². The molecule has 0 N–H and O–H groups in total. The molecule has 72 valence electrons. The highest BCUT2D eigenvalue weighted by atomic mass is 79.9. The van der Waals surface area contributed by atoms with E-state index in [1.807, 2.05) is 18.4 Å². The Morgan fingerprint density at radius 3 is 2.85 bits per heavy atom. The van der Waals surface area contributed by atoms with Crippen molar-refractivity contribution in [3.05, 3.63) is 20.8 Å². The number of ketones is 1. The summed E-state index contributed by atoms with van der Waals surface area (Å²) in [5.41, 5.74) is 0. The van der Waals surface area contributed by atoms with Gasteiger partial charge in [0.25, 0.3) is 0 Å². The van der Waals surface area contributed by atoms with Gasteiger partial charge in [-0.1, -0.05) is 6.92 Å². The molecule has 13 heavy (non-hydrogen) atoms. The molecule has 0 radical (unpaired) electrons. The number of rotatable bonds is 4. The number of hydrogen-bond acceptors (Lipinski definition) is 3. The number of halogens is 1. The Bertz CT molecular complexity index is 333. The molecule has 1 aromatic rings. The molecule has 1 aromatic heterocycles. The van der Waals surface area contributed by atoms with Crippen LogP contribution in [0.1, 0.15) is 16.6 Å². The van der Waals surface area contributed by atoms with E-state index in [9.17, 15) is 9.00 Å². The molecule has 1 heterocycles. The van der Waals surface area contributed by atoms with Crippen LogP contribution in [0.3, 0.4) is 0 Å². The molecule has 2 nitrogen and oxygen atoms in total. The molecule has 0 amide bonds. The molecule has 0 fully saturated rings. The summed E-state index contributed by atoms with van der Waals surface area (Å²) in [4.78, 5) is 12.2. The molecule has 1 rings (SSSR count). The molecule has 0 aliphatic carbocycles. The maximum Gasteiger partial charge on any atom is 0.186 e. The van der Waals surface area contributed by atoms with Gasteiger partial charge in [-0.25, -0.2) is 0 Å². The highest BCUT2D eigenvalue weighted by Crippen LogP contribution is 2.23. The van der Waals surface area contributed by atoms with Crippen molar-refractivity contribution >= 4 is 43.8 Å². The van der Waals surface area contributed by atoms with Crippen LogP contribution in [0.25, 0.3) is 0 Å². The summed E-state index contributed by atoms with van der Waals surface area (Å²) in [6.07, 6.45) is 0. The summed E-state index contributed by atoms with van der Waals surface area (Å²) in [6.45, 7) is 1.81. The maximum atomic E-state index is 11.5. The third-order valence-electron chi connectivity index (χ3n) is 1.48. The fourth-order valence-corrected chi connectivity index (χ4v) is 3.07. The van der Waals surface area contributed by atoms with Crippen LogP contribution in [-0.4, -0.2) is 21.5 Å². The zero-order valence-corrected chi connectivity index (χ0v) is 10.3. The van der Waals surface area contributed by atoms with Gasteiger partial charge in [0.15, 0.2) is 5.78 Å². The number of carbonyl (C=O) groups is 1. The van der Waals surface area contributed by atoms with Gasteiger partial charge in [0.2, 0.25) is 0 Å². The lowest BCUT2D eigenvalue weighted by Crippen LogP contribution is -2.11. The van der Waals surface area contributed by atoms with Gasteiger partial charge in [-0.3, -0.25) is 9.00 Å². The molecule has 0 saturated carbocycles. The van der Waals surface area contributed by atoms with E-state index < -0.39 is 10.8 Å². The Kier molecular flexibility index (Phi) is 4.28. The molecule has 5 heteroatoms. The van der Waals surface area contributed by atoms with E-state index in [1.54, 1.807) is 0 Å². The lowest BCUT2D eigenvalue weighted by Gasteiger charge is -1.96. The van der Waals surface area contributed by atoms with E-state index in [0.717, 1.165) is 4.47 Å². The first-order chi connectivity index (χ1) is 6.15. The Labute approximate surface area is 91.9 Å². The SMILES string of the molecule is CCS(=O)CC(=O)c1sccc1Br. The van der Waals surface area contributed by atoms with Crippen molar-refractivity contribution in [1.82, 2.24) is 0 Å². The normalized spacial score (nSPS) is 12.8. The number of hydrogen-bond donors (Lipinski definition) is 0. The topological polar surface area (TPSA) is 34.1 Å². The first-order valence-corrected chi connectivity index (χ1v) is 6.92. The van der Waals surface area contributed by atoms with Crippen LogP contribution in [0.15, 0.2) is 15.9 Å². The average Bonchev–Trinajstić information content (AvgIpc) is 2.51. The summed E-state index contributed by atoms with van der Waals surface area (Å²) in [6, 6.07) is 1.83. The third-order valence-corrected chi connectivity index (χ3v) is 4.59. The molecular weight excluding hydrogens is 272 g/mol. The standard InChI is InChI=1S/C8H9BrO2S2/c1-2-13(11)5-7(10)8-6(9)3-4-12-8/h3-4H,2,5H2,1H3. The minimum absolute atomic E-state index is 0.0398. The predicted octanol–water partition coefficient (Wildman–Crippen LogP) is 2.46. The molecule has 1 atom stereocenters. The minimum Gasteiger partial charge on any atom is -0.292 e. The zero-order valence-electron chi connectivity index (χ0n) is 7.08. The highest BCUT2D eigenvalue weighted by molar-refractivity contribution is 9.10. The van der Waals surface area contributed by atoms with E-state index in [0.29, 0.717) is 10.6 Å². The van der Waals surface area contributed by atoms with Crippen LogP contribution in [0, 0.1) is 0 Å². The van der Waals surface area contributed by atoms with Crippen LogP contribution in [0.5, 0.6) is 0 Å². The molecule has 0 aliphatic heterocycles. The summed E-state index contributed by atoms with van der Waals surface area (Å²) in [5.74, 6) is 0.631. The monoisotopic (exact) mass is 280 g/mol. The Hall–Kier alpha value is -0.000000000000000111. The second kappa shape index (κ2) is 5.02. The average molecular weight is 281 g/mol. The maximum absolute atomic E-state index is 11.5. The minimum atomic E-state index is -1.01. The van der Waals surface area contributed by atoms with Gasteiger partial charge >= 0.3 is 0 Å². The van der Waals surface area contributed by atoms with E-state index in [-0.39, 0.29) is 11.5 Å². The predicted molar refractivity (Wildman–Crippen MR) is 59.9 cm³/mol. The Morgan fingerprint density at radius 1 is 1.69 bits per heavy atom. The van der Waals surface area contributed by atoms with Gasteiger partial charge in [-0.2, -0.15) is 0 Å². The molecule has 0 aliphatic rings. The largest absolute Gasteiger partial charge is 0.292 e. The first-order valence-electron chi connectivity index (χ1n) is 3.76.